The second kappa shape index (κ2) is 48.7. The molecular formula is C53H99NO5. The second-order valence-electron chi connectivity index (χ2n) is 17.5. The molecule has 0 aliphatic rings. The van der Waals surface area contributed by atoms with E-state index in [0.717, 1.165) is 70.6 Å². The van der Waals surface area contributed by atoms with Gasteiger partial charge in [-0.1, -0.05) is 211 Å². The summed E-state index contributed by atoms with van der Waals surface area (Å²) in [5, 5.41) is 23.1. The van der Waals surface area contributed by atoms with Crippen LogP contribution in [0.4, 0.5) is 0 Å². The van der Waals surface area contributed by atoms with Crippen molar-refractivity contribution in [3.63, 3.8) is 0 Å². The van der Waals surface area contributed by atoms with E-state index in [2.05, 4.69) is 55.6 Å². The molecule has 0 saturated carbocycles. The van der Waals surface area contributed by atoms with Crippen LogP contribution in [0, 0.1) is 0 Å². The fraction of sp³-hybridized carbons (Fsp3) is 0.849. The molecule has 0 saturated heterocycles. The van der Waals surface area contributed by atoms with E-state index < -0.39 is 12.1 Å². The molecule has 0 radical (unpaired) electrons. The minimum atomic E-state index is -0.671. The number of aliphatic hydroxyl groups excluding tert-OH is 2. The van der Waals surface area contributed by atoms with Crippen LogP contribution in [0.25, 0.3) is 0 Å². The van der Waals surface area contributed by atoms with E-state index in [0.29, 0.717) is 25.9 Å². The van der Waals surface area contributed by atoms with Gasteiger partial charge in [-0.2, -0.15) is 0 Å². The third-order valence-corrected chi connectivity index (χ3v) is 11.7. The van der Waals surface area contributed by atoms with Crippen LogP contribution >= 0.6 is 0 Å². The topological polar surface area (TPSA) is 95.9 Å². The summed E-state index contributed by atoms with van der Waals surface area (Å²) in [4.78, 5) is 24.4. The fourth-order valence-electron chi connectivity index (χ4n) is 7.65. The van der Waals surface area contributed by atoms with Crippen LogP contribution in [-0.2, 0) is 14.3 Å². The smallest absolute Gasteiger partial charge is 0.305 e. The Balaban J connectivity index is 3.45. The monoisotopic (exact) mass is 830 g/mol. The van der Waals surface area contributed by atoms with Gasteiger partial charge in [-0.25, -0.2) is 0 Å². The Morgan fingerprint density at radius 1 is 0.475 bits per heavy atom. The largest absolute Gasteiger partial charge is 0.466 e. The molecule has 6 nitrogen and oxygen atoms in total. The summed E-state index contributed by atoms with van der Waals surface area (Å²) in [7, 11) is 0. The van der Waals surface area contributed by atoms with Gasteiger partial charge in [0.2, 0.25) is 5.91 Å². The quantitative estimate of drug-likeness (QED) is 0.0323. The molecule has 1 amide bonds. The van der Waals surface area contributed by atoms with E-state index in [-0.39, 0.29) is 18.5 Å². The predicted molar refractivity (Wildman–Crippen MR) is 255 cm³/mol. The Kier molecular flexibility index (Phi) is 47.2. The average Bonchev–Trinajstić information content (AvgIpc) is 3.24. The van der Waals surface area contributed by atoms with Gasteiger partial charge in [0.15, 0.2) is 0 Å². The molecule has 0 aliphatic carbocycles. The molecule has 0 bridgehead atoms. The minimum absolute atomic E-state index is 0.0124. The van der Waals surface area contributed by atoms with Crippen molar-refractivity contribution in [1.82, 2.24) is 5.32 Å². The standard InChI is InChI=1S/C53H99NO5/c1-3-5-7-9-11-13-15-16-24-27-31-35-39-43-47-53(58)59-48-44-40-36-32-28-25-22-20-18-17-19-21-23-26-30-34-38-42-46-52(57)54-50(49-55)51(56)45-41-37-33-29-14-12-10-8-6-4-2/h9,11,15-16,19,21,50-51,55-56H,3-8,10,12-14,17-18,20,22-49H2,1-2H3,(H,54,57)/b11-9-,16-15-,21-19-. The molecule has 2 atom stereocenters. The van der Waals surface area contributed by atoms with Gasteiger partial charge in [-0.05, 0) is 77.0 Å². The lowest BCUT2D eigenvalue weighted by Gasteiger charge is -2.22. The number of hydrogen-bond acceptors (Lipinski definition) is 5. The Labute approximate surface area is 366 Å². The van der Waals surface area contributed by atoms with Crippen LogP contribution in [0.1, 0.15) is 264 Å². The average molecular weight is 830 g/mol. The molecule has 2 unspecified atom stereocenters. The summed E-state index contributed by atoms with van der Waals surface area (Å²) in [6.07, 6.45) is 58.3. The van der Waals surface area contributed by atoms with Gasteiger partial charge in [0.25, 0.3) is 0 Å². The van der Waals surface area contributed by atoms with Crippen LogP contribution < -0.4 is 5.32 Å². The minimum Gasteiger partial charge on any atom is -0.466 e. The molecule has 0 aromatic heterocycles. The van der Waals surface area contributed by atoms with Crippen molar-refractivity contribution >= 4 is 11.9 Å². The van der Waals surface area contributed by atoms with Crippen molar-refractivity contribution in [2.75, 3.05) is 13.2 Å². The fourth-order valence-corrected chi connectivity index (χ4v) is 7.65. The highest BCUT2D eigenvalue weighted by Crippen LogP contribution is 2.15. The van der Waals surface area contributed by atoms with E-state index >= 15 is 0 Å². The molecule has 0 spiro atoms. The third-order valence-electron chi connectivity index (χ3n) is 11.7. The first kappa shape index (κ1) is 57.1. The van der Waals surface area contributed by atoms with Crippen molar-refractivity contribution in [3.05, 3.63) is 36.5 Å². The molecule has 0 heterocycles. The number of rotatable bonds is 47. The molecular weight excluding hydrogens is 731 g/mol. The SMILES string of the molecule is CCCC/C=C\C/C=C\CCCCCCCC(=O)OCCCCCCCCCCC/C=C\CCCCCCCC(=O)NC(CO)C(O)CCCCCCCCCCCC. The molecule has 0 rings (SSSR count). The first-order valence-corrected chi connectivity index (χ1v) is 25.7. The molecule has 6 heteroatoms. The number of amides is 1. The van der Waals surface area contributed by atoms with Crippen molar-refractivity contribution in [2.45, 2.75) is 276 Å². The molecule has 0 aromatic rings. The number of carbonyl (C=O) groups excluding carboxylic acids is 2. The van der Waals surface area contributed by atoms with Gasteiger partial charge < -0.3 is 20.3 Å². The number of esters is 1. The zero-order chi connectivity index (χ0) is 43.0. The first-order chi connectivity index (χ1) is 29.0. The lowest BCUT2D eigenvalue weighted by molar-refractivity contribution is -0.143. The number of aliphatic hydroxyl groups is 2. The van der Waals surface area contributed by atoms with Gasteiger partial charge in [0.1, 0.15) is 0 Å². The number of ether oxygens (including phenoxy) is 1. The highest BCUT2D eigenvalue weighted by Gasteiger charge is 2.20. The van der Waals surface area contributed by atoms with Crippen molar-refractivity contribution in [2.24, 2.45) is 0 Å². The van der Waals surface area contributed by atoms with E-state index in [9.17, 15) is 19.8 Å². The molecule has 0 fully saturated rings. The molecule has 3 N–H and O–H groups in total. The summed E-state index contributed by atoms with van der Waals surface area (Å²) in [6.45, 7) is 4.87. The maximum atomic E-state index is 12.4. The van der Waals surface area contributed by atoms with Crippen LogP contribution in [0.2, 0.25) is 0 Å². The van der Waals surface area contributed by atoms with Crippen molar-refractivity contribution in [3.8, 4) is 0 Å². The van der Waals surface area contributed by atoms with Gasteiger partial charge >= 0.3 is 5.97 Å². The van der Waals surface area contributed by atoms with E-state index in [1.54, 1.807) is 0 Å². The number of nitrogens with one attached hydrogen (secondary N) is 1. The summed E-state index contributed by atoms with van der Waals surface area (Å²) in [5.41, 5.74) is 0. The van der Waals surface area contributed by atoms with Gasteiger partial charge in [0.05, 0.1) is 25.4 Å². The van der Waals surface area contributed by atoms with E-state index in [4.69, 9.17) is 4.74 Å². The number of hydrogen-bond donors (Lipinski definition) is 3. The highest BCUT2D eigenvalue weighted by atomic mass is 16.5. The molecule has 346 valence electrons. The molecule has 59 heavy (non-hydrogen) atoms. The highest BCUT2D eigenvalue weighted by molar-refractivity contribution is 5.76. The van der Waals surface area contributed by atoms with E-state index in [1.807, 2.05) is 0 Å². The zero-order valence-electron chi connectivity index (χ0n) is 39.2. The van der Waals surface area contributed by atoms with Gasteiger partial charge in [-0.3, -0.25) is 9.59 Å². The molecule has 0 aromatic carbocycles. The van der Waals surface area contributed by atoms with Crippen LogP contribution in [-0.4, -0.2) is 47.4 Å². The van der Waals surface area contributed by atoms with Crippen LogP contribution in [0.15, 0.2) is 36.5 Å². The Bertz CT molecular complexity index is 962. The molecule has 0 aliphatic heterocycles. The lowest BCUT2D eigenvalue weighted by atomic mass is 10.0. The number of carbonyl (C=O) groups is 2. The van der Waals surface area contributed by atoms with Crippen molar-refractivity contribution < 1.29 is 24.5 Å². The summed E-state index contributed by atoms with van der Waals surface area (Å²) < 4.78 is 5.45. The normalized spacial score (nSPS) is 12.9. The summed E-state index contributed by atoms with van der Waals surface area (Å²) in [6, 6.07) is -0.550. The van der Waals surface area contributed by atoms with Crippen molar-refractivity contribution in [1.29, 1.82) is 0 Å². The summed E-state index contributed by atoms with van der Waals surface area (Å²) in [5.74, 6) is -0.0648. The third kappa shape index (κ3) is 45.4. The summed E-state index contributed by atoms with van der Waals surface area (Å²) >= 11 is 0. The lowest BCUT2D eigenvalue weighted by Crippen LogP contribution is -2.45. The Morgan fingerprint density at radius 2 is 0.864 bits per heavy atom. The second-order valence-corrected chi connectivity index (χ2v) is 17.5. The van der Waals surface area contributed by atoms with Gasteiger partial charge in [0, 0.05) is 12.8 Å². The maximum absolute atomic E-state index is 12.4. The zero-order valence-corrected chi connectivity index (χ0v) is 39.2. The predicted octanol–water partition coefficient (Wildman–Crippen LogP) is 15.3. The maximum Gasteiger partial charge on any atom is 0.305 e. The van der Waals surface area contributed by atoms with Crippen LogP contribution in [0.5, 0.6) is 0 Å². The van der Waals surface area contributed by atoms with E-state index in [1.165, 1.54) is 161 Å². The number of allylic oxidation sites excluding steroid dienone is 6. The number of unbranched alkanes of at least 4 members (excludes halogenated alkanes) is 30. The first-order valence-electron chi connectivity index (χ1n) is 25.7. The van der Waals surface area contributed by atoms with Gasteiger partial charge in [-0.15, -0.1) is 0 Å². The Morgan fingerprint density at radius 3 is 1.36 bits per heavy atom. The Hall–Kier alpha value is -1.92. The van der Waals surface area contributed by atoms with Crippen LogP contribution in [0.3, 0.4) is 0 Å².